The van der Waals surface area contributed by atoms with Gasteiger partial charge in [0.1, 0.15) is 5.84 Å². The van der Waals surface area contributed by atoms with E-state index < -0.39 is 0 Å². The van der Waals surface area contributed by atoms with E-state index in [0.717, 1.165) is 11.3 Å². The van der Waals surface area contributed by atoms with Crippen molar-refractivity contribution in [2.24, 2.45) is 16.8 Å². The van der Waals surface area contributed by atoms with Crippen LogP contribution < -0.4 is 11.1 Å². The van der Waals surface area contributed by atoms with Crippen LogP contribution in [0.4, 0.5) is 5.69 Å². The van der Waals surface area contributed by atoms with E-state index in [1.165, 1.54) is 0 Å². The summed E-state index contributed by atoms with van der Waals surface area (Å²) in [5.74, 6) is 0.0880. The Kier molecular flexibility index (Phi) is 4.51. The molecular formula is C12H17N3O2. The van der Waals surface area contributed by atoms with Crippen molar-refractivity contribution < 1.29 is 10.0 Å². The van der Waals surface area contributed by atoms with Crippen molar-refractivity contribution >= 4 is 17.4 Å². The Hall–Kier alpha value is -2.04. The van der Waals surface area contributed by atoms with Gasteiger partial charge in [-0.15, -0.1) is 0 Å². The number of carbonyl (C=O) groups is 1. The second-order valence-corrected chi connectivity index (χ2v) is 4.11. The maximum Gasteiger partial charge on any atom is 0.226 e. The van der Waals surface area contributed by atoms with E-state index in [-0.39, 0.29) is 17.7 Å². The van der Waals surface area contributed by atoms with Gasteiger partial charge in [-0.2, -0.15) is 0 Å². The Morgan fingerprint density at radius 1 is 1.41 bits per heavy atom. The molecule has 0 radical (unpaired) electrons. The van der Waals surface area contributed by atoms with E-state index in [9.17, 15) is 4.79 Å². The van der Waals surface area contributed by atoms with E-state index in [4.69, 9.17) is 10.9 Å². The van der Waals surface area contributed by atoms with Crippen molar-refractivity contribution in [3.05, 3.63) is 29.8 Å². The maximum absolute atomic E-state index is 11.4. The summed E-state index contributed by atoms with van der Waals surface area (Å²) in [6.45, 7) is 3.67. The summed E-state index contributed by atoms with van der Waals surface area (Å²) in [7, 11) is 0. The molecule has 0 atom stereocenters. The summed E-state index contributed by atoms with van der Waals surface area (Å²) in [6.07, 6.45) is 0.384. The first kappa shape index (κ1) is 13.0. The molecule has 4 N–H and O–H groups in total. The average molecular weight is 235 g/mol. The minimum absolute atomic E-state index is 0.0193. The number of hydrogen-bond acceptors (Lipinski definition) is 3. The minimum atomic E-state index is -0.0492. The molecule has 0 unspecified atom stereocenters. The monoisotopic (exact) mass is 235 g/mol. The standard InChI is InChI=1S/C12H17N3O2/c1-8(2)12(16)14-10-5-3-9(4-6-10)7-11(13)15-17/h3-6,8,17H,7H2,1-2H3,(H2,13,15)(H,14,16). The largest absolute Gasteiger partial charge is 0.409 e. The van der Waals surface area contributed by atoms with E-state index in [1.807, 2.05) is 26.0 Å². The van der Waals surface area contributed by atoms with E-state index >= 15 is 0 Å². The first-order valence-corrected chi connectivity index (χ1v) is 5.39. The predicted octanol–water partition coefficient (Wildman–Crippen LogP) is 1.57. The molecule has 0 saturated carbocycles. The zero-order chi connectivity index (χ0) is 12.8. The van der Waals surface area contributed by atoms with Crippen LogP contribution >= 0.6 is 0 Å². The summed E-state index contributed by atoms with van der Waals surface area (Å²) >= 11 is 0. The Balaban J connectivity index is 2.65. The topological polar surface area (TPSA) is 87.7 Å². The molecule has 1 rings (SSSR count). The number of amides is 1. The Morgan fingerprint density at radius 2 is 2.00 bits per heavy atom. The number of oxime groups is 1. The lowest BCUT2D eigenvalue weighted by Gasteiger charge is -2.08. The van der Waals surface area contributed by atoms with Crippen molar-refractivity contribution in [1.29, 1.82) is 0 Å². The number of amidine groups is 1. The van der Waals surface area contributed by atoms with Crippen LogP contribution in [0.25, 0.3) is 0 Å². The van der Waals surface area contributed by atoms with E-state index in [0.29, 0.717) is 6.42 Å². The second-order valence-electron chi connectivity index (χ2n) is 4.11. The number of nitrogens with one attached hydrogen (secondary N) is 1. The lowest BCUT2D eigenvalue weighted by Crippen LogP contribution is -2.18. The number of benzene rings is 1. The molecule has 1 amide bonds. The molecule has 0 bridgehead atoms. The minimum Gasteiger partial charge on any atom is -0.409 e. The zero-order valence-corrected chi connectivity index (χ0v) is 9.97. The van der Waals surface area contributed by atoms with Gasteiger partial charge >= 0.3 is 0 Å². The van der Waals surface area contributed by atoms with Crippen molar-refractivity contribution in [2.45, 2.75) is 20.3 Å². The molecule has 0 fully saturated rings. The number of rotatable bonds is 4. The number of anilines is 1. The third-order valence-corrected chi connectivity index (χ3v) is 2.26. The third kappa shape index (κ3) is 4.14. The lowest BCUT2D eigenvalue weighted by molar-refractivity contribution is -0.118. The fourth-order valence-electron chi connectivity index (χ4n) is 1.24. The van der Waals surface area contributed by atoms with E-state index in [1.54, 1.807) is 12.1 Å². The second kappa shape index (κ2) is 5.89. The highest BCUT2D eigenvalue weighted by Crippen LogP contribution is 2.11. The van der Waals surface area contributed by atoms with Gasteiger partial charge in [-0.1, -0.05) is 31.1 Å². The molecule has 0 aliphatic carbocycles. The van der Waals surface area contributed by atoms with Crippen LogP contribution in [0, 0.1) is 5.92 Å². The van der Waals surface area contributed by atoms with Gasteiger partial charge in [0.2, 0.25) is 5.91 Å². The first-order chi connectivity index (χ1) is 8.02. The summed E-state index contributed by atoms with van der Waals surface area (Å²) < 4.78 is 0. The molecule has 0 saturated heterocycles. The van der Waals surface area contributed by atoms with Crippen molar-refractivity contribution in [2.75, 3.05) is 5.32 Å². The SMILES string of the molecule is CC(C)C(=O)Nc1ccc(C/C(N)=N/O)cc1. The lowest BCUT2D eigenvalue weighted by atomic mass is 10.1. The quantitative estimate of drug-likeness (QED) is 0.320. The average Bonchev–Trinajstić information content (AvgIpc) is 2.31. The molecule has 0 spiro atoms. The van der Waals surface area contributed by atoms with Crippen LogP contribution in [0.2, 0.25) is 0 Å². The fraction of sp³-hybridized carbons (Fsp3) is 0.333. The summed E-state index contributed by atoms with van der Waals surface area (Å²) in [6, 6.07) is 7.24. The Bertz CT molecular complexity index is 410. The van der Waals surface area contributed by atoms with Crippen LogP contribution in [-0.2, 0) is 11.2 Å². The Morgan fingerprint density at radius 3 is 2.47 bits per heavy atom. The van der Waals surface area contributed by atoms with Crippen LogP contribution in [0.3, 0.4) is 0 Å². The predicted molar refractivity (Wildman–Crippen MR) is 67.0 cm³/mol. The maximum atomic E-state index is 11.4. The van der Waals surface area contributed by atoms with Gasteiger partial charge in [-0.05, 0) is 17.7 Å². The molecule has 92 valence electrons. The van der Waals surface area contributed by atoms with Crippen molar-refractivity contribution in [3.63, 3.8) is 0 Å². The summed E-state index contributed by atoms with van der Waals surface area (Å²) in [5, 5.41) is 14.1. The van der Waals surface area contributed by atoms with Gasteiger partial charge in [-0.25, -0.2) is 0 Å². The number of carbonyl (C=O) groups excluding carboxylic acids is 1. The van der Waals surface area contributed by atoms with Crippen LogP contribution in [0.5, 0.6) is 0 Å². The van der Waals surface area contributed by atoms with Gasteiger partial charge in [-0.3, -0.25) is 4.79 Å². The molecular weight excluding hydrogens is 218 g/mol. The number of nitrogens with zero attached hydrogens (tertiary/aromatic N) is 1. The third-order valence-electron chi connectivity index (χ3n) is 2.26. The smallest absolute Gasteiger partial charge is 0.226 e. The van der Waals surface area contributed by atoms with Gasteiger partial charge in [0, 0.05) is 18.0 Å². The highest BCUT2D eigenvalue weighted by molar-refractivity contribution is 5.92. The van der Waals surface area contributed by atoms with Gasteiger partial charge < -0.3 is 16.3 Å². The normalized spacial score (nSPS) is 11.6. The molecule has 5 heteroatoms. The van der Waals surface area contributed by atoms with Crippen molar-refractivity contribution in [3.8, 4) is 0 Å². The van der Waals surface area contributed by atoms with Crippen molar-refractivity contribution in [1.82, 2.24) is 0 Å². The Labute approximate surface area is 100 Å². The molecule has 5 nitrogen and oxygen atoms in total. The molecule has 0 aliphatic rings. The molecule has 1 aromatic carbocycles. The van der Waals surface area contributed by atoms with Gasteiger partial charge in [0.05, 0.1) is 0 Å². The summed E-state index contributed by atoms with van der Waals surface area (Å²) in [5.41, 5.74) is 7.06. The number of hydrogen-bond donors (Lipinski definition) is 3. The molecule has 0 heterocycles. The molecule has 1 aromatic rings. The van der Waals surface area contributed by atoms with Crippen LogP contribution in [0.15, 0.2) is 29.4 Å². The fourth-order valence-corrected chi connectivity index (χ4v) is 1.24. The molecule has 17 heavy (non-hydrogen) atoms. The number of nitrogens with two attached hydrogens (primary N) is 1. The summed E-state index contributed by atoms with van der Waals surface area (Å²) in [4.78, 5) is 11.4. The highest BCUT2D eigenvalue weighted by atomic mass is 16.4. The molecule has 0 aliphatic heterocycles. The zero-order valence-electron chi connectivity index (χ0n) is 9.97. The van der Waals surface area contributed by atoms with E-state index in [2.05, 4.69) is 10.5 Å². The highest BCUT2D eigenvalue weighted by Gasteiger charge is 2.06. The van der Waals surface area contributed by atoms with Crippen LogP contribution in [0.1, 0.15) is 19.4 Å². The van der Waals surface area contributed by atoms with Gasteiger partial charge in [0.25, 0.3) is 0 Å². The van der Waals surface area contributed by atoms with Crippen LogP contribution in [-0.4, -0.2) is 17.0 Å². The van der Waals surface area contributed by atoms with Gasteiger partial charge in [0.15, 0.2) is 0 Å². The molecule has 0 aromatic heterocycles. The first-order valence-electron chi connectivity index (χ1n) is 5.39.